The fourth-order valence-corrected chi connectivity index (χ4v) is 5.60. The fraction of sp³-hybridized carbons (Fsp3) is 0.429. The minimum absolute atomic E-state index is 0.101. The molecule has 186 valence electrons. The first-order valence-corrected chi connectivity index (χ1v) is 13.2. The van der Waals surface area contributed by atoms with Crippen molar-refractivity contribution >= 4 is 40.4 Å². The number of H-pyrrole nitrogens is 1. The van der Waals surface area contributed by atoms with Crippen LogP contribution in [0.3, 0.4) is 0 Å². The largest absolute Gasteiger partial charge is 0.351 e. The summed E-state index contributed by atoms with van der Waals surface area (Å²) in [6.45, 7) is 5.24. The van der Waals surface area contributed by atoms with Crippen molar-refractivity contribution in [1.82, 2.24) is 24.8 Å². The molecular formula is C28H33N7O. The number of piperidine rings is 1. The number of nitrogens with zero attached hydrogens (tertiary/aromatic N) is 5. The number of aromatic amines is 1. The van der Waals surface area contributed by atoms with Gasteiger partial charge in [-0.25, -0.2) is 9.97 Å². The maximum Gasteiger partial charge on any atom is 0.270 e. The van der Waals surface area contributed by atoms with E-state index >= 15 is 0 Å². The Morgan fingerprint density at radius 3 is 2.86 bits per heavy atom. The third kappa shape index (κ3) is 5.04. The van der Waals surface area contributed by atoms with Crippen LogP contribution in [0.15, 0.2) is 47.6 Å². The number of hydrogen-bond donors (Lipinski definition) is 2. The van der Waals surface area contributed by atoms with E-state index in [9.17, 15) is 4.79 Å². The maximum absolute atomic E-state index is 13.3. The van der Waals surface area contributed by atoms with Crippen LogP contribution in [0.2, 0.25) is 0 Å². The molecule has 1 amide bonds. The lowest BCUT2D eigenvalue weighted by Crippen LogP contribution is -2.43. The van der Waals surface area contributed by atoms with Crippen LogP contribution >= 0.6 is 0 Å². The number of aromatic nitrogens is 3. The van der Waals surface area contributed by atoms with Crippen molar-refractivity contribution < 1.29 is 4.79 Å². The van der Waals surface area contributed by atoms with Crippen LogP contribution in [0.4, 0.5) is 11.6 Å². The number of allylic oxidation sites excluding steroid dienone is 1. The van der Waals surface area contributed by atoms with Gasteiger partial charge in [0, 0.05) is 48.6 Å². The highest BCUT2D eigenvalue weighted by atomic mass is 16.2. The van der Waals surface area contributed by atoms with Crippen LogP contribution in [0.1, 0.15) is 54.7 Å². The number of fused-ring (bicyclic) bond motifs is 1. The Labute approximate surface area is 211 Å². The molecule has 1 unspecified atom stereocenters. The van der Waals surface area contributed by atoms with E-state index in [0.717, 1.165) is 66.9 Å². The van der Waals surface area contributed by atoms with Crippen LogP contribution in [-0.4, -0.2) is 69.6 Å². The fourth-order valence-electron chi connectivity index (χ4n) is 5.60. The van der Waals surface area contributed by atoms with Gasteiger partial charge in [0.1, 0.15) is 5.69 Å². The Bertz CT molecular complexity index is 1300. The van der Waals surface area contributed by atoms with Gasteiger partial charge < -0.3 is 20.1 Å². The average Bonchev–Trinajstić information content (AvgIpc) is 3.59. The van der Waals surface area contributed by atoms with E-state index in [4.69, 9.17) is 0 Å². The summed E-state index contributed by atoms with van der Waals surface area (Å²) >= 11 is 0. The normalized spacial score (nSPS) is 20.6. The summed E-state index contributed by atoms with van der Waals surface area (Å²) in [5.41, 5.74) is 4.18. The lowest BCUT2D eigenvalue weighted by Gasteiger charge is -2.34. The first-order chi connectivity index (χ1) is 17.7. The minimum atomic E-state index is 0.101. The molecular weight excluding hydrogens is 450 g/mol. The van der Waals surface area contributed by atoms with Gasteiger partial charge in [0.2, 0.25) is 5.95 Å². The van der Waals surface area contributed by atoms with Gasteiger partial charge in [-0.15, -0.1) is 0 Å². The molecule has 5 heterocycles. The highest BCUT2D eigenvalue weighted by Crippen LogP contribution is 2.26. The molecule has 2 fully saturated rings. The Kier molecular flexibility index (Phi) is 6.51. The number of carbonyl (C=O) groups is 1. The molecule has 0 saturated carbocycles. The monoisotopic (exact) mass is 483 g/mol. The van der Waals surface area contributed by atoms with Crippen molar-refractivity contribution in [3.63, 3.8) is 0 Å². The number of carbonyl (C=O) groups excluding carboxylic acids is 1. The second-order valence-electron chi connectivity index (χ2n) is 10.1. The molecule has 3 aliphatic rings. The first kappa shape index (κ1) is 22.9. The lowest BCUT2D eigenvalue weighted by atomic mass is 9.97. The second kappa shape index (κ2) is 10.2. The number of nitrogens with one attached hydrogen (secondary N) is 2. The van der Waals surface area contributed by atoms with Crippen LogP contribution in [-0.2, 0) is 0 Å². The van der Waals surface area contributed by atoms with Gasteiger partial charge in [-0.2, -0.15) is 0 Å². The van der Waals surface area contributed by atoms with Gasteiger partial charge in [0.15, 0.2) is 0 Å². The van der Waals surface area contributed by atoms with Crippen LogP contribution in [0, 0.1) is 5.92 Å². The molecule has 0 aliphatic carbocycles. The summed E-state index contributed by atoms with van der Waals surface area (Å²) in [6.07, 6.45) is 12.7. The molecule has 0 radical (unpaired) electrons. The maximum atomic E-state index is 13.3. The molecule has 8 nitrogen and oxygen atoms in total. The molecule has 36 heavy (non-hydrogen) atoms. The van der Waals surface area contributed by atoms with E-state index in [2.05, 4.69) is 36.2 Å². The highest BCUT2D eigenvalue weighted by Gasteiger charge is 2.27. The number of benzene rings is 1. The zero-order valence-corrected chi connectivity index (χ0v) is 20.6. The Morgan fingerprint density at radius 1 is 1.08 bits per heavy atom. The van der Waals surface area contributed by atoms with Crippen molar-refractivity contribution in [3.8, 4) is 0 Å². The zero-order chi connectivity index (χ0) is 24.3. The number of likely N-dealkylation sites (tertiary alicyclic amines) is 2. The van der Waals surface area contributed by atoms with E-state index < -0.39 is 0 Å². The zero-order valence-electron chi connectivity index (χ0n) is 20.6. The number of aliphatic imine (C=N–C) groups is 1. The van der Waals surface area contributed by atoms with E-state index in [1.165, 1.54) is 32.4 Å². The molecule has 3 aromatic rings. The van der Waals surface area contributed by atoms with Crippen molar-refractivity contribution in [1.29, 1.82) is 0 Å². The van der Waals surface area contributed by atoms with Gasteiger partial charge in [-0.05, 0) is 87.9 Å². The summed E-state index contributed by atoms with van der Waals surface area (Å²) in [7, 11) is 0. The average molecular weight is 484 g/mol. The standard InChI is InChI=1S/C28H33N7O/c36-27(35-15-5-6-20(19-35)18-34-13-3-4-14-34)26-17-21-16-22(8-9-23(21)32-26)31-28-30-12-10-25(33-28)24-7-1-2-11-29-24/h7-12,16-17,20,32H,1-6,13-15,18-19H2,(H,30,31,33). The summed E-state index contributed by atoms with van der Waals surface area (Å²) in [4.78, 5) is 34.7. The second-order valence-corrected chi connectivity index (χ2v) is 10.1. The van der Waals surface area contributed by atoms with Gasteiger partial charge >= 0.3 is 0 Å². The van der Waals surface area contributed by atoms with Gasteiger partial charge in [0.05, 0.1) is 11.4 Å². The van der Waals surface area contributed by atoms with Crippen LogP contribution < -0.4 is 5.32 Å². The predicted molar refractivity (Wildman–Crippen MR) is 144 cm³/mol. The van der Waals surface area contributed by atoms with E-state index in [0.29, 0.717) is 17.6 Å². The smallest absolute Gasteiger partial charge is 0.270 e. The molecule has 2 saturated heterocycles. The number of amides is 1. The third-order valence-electron chi connectivity index (χ3n) is 7.41. The quantitative estimate of drug-likeness (QED) is 0.523. The molecule has 1 atom stereocenters. The van der Waals surface area contributed by atoms with E-state index in [1.54, 1.807) is 6.20 Å². The molecule has 6 rings (SSSR count). The summed E-state index contributed by atoms with van der Waals surface area (Å²) < 4.78 is 0. The summed E-state index contributed by atoms with van der Waals surface area (Å²) in [5.74, 6) is 1.20. The van der Waals surface area contributed by atoms with Gasteiger partial charge in [-0.3, -0.25) is 9.79 Å². The molecule has 2 aromatic heterocycles. The minimum Gasteiger partial charge on any atom is -0.351 e. The number of anilines is 2. The van der Waals surface area contributed by atoms with Crippen LogP contribution in [0.25, 0.3) is 16.6 Å². The molecule has 0 spiro atoms. The third-order valence-corrected chi connectivity index (χ3v) is 7.41. The SMILES string of the molecule is O=C(c1cc2cc(Nc3nccc(C4=CCCC=N4)n3)ccc2[nH]1)N1CCCC(CN2CCCC2)C1. The topological polar surface area (TPSA) is 89.5 Å². The van der Waals surface area contributed by atoms with Gasteiger partial charge in [0.25, 0.3) is 5.91 Å². The highest BCUT2D eigenvalue weighted by molar-refractivity contribution is 5.98. The van der Waals surface area contributed by atoms with Gasteiger partial charge in [-0.1, -0.05) is 6.08 Å². The Morgan fingerprint density at radius 2 is 2.00 bits per heavy atom. The van der Waals surface area contributed by atoms with Crippen molar-refractivity contribution in [3.05, 3.63) is 54.0 Å². The van der Waals surface area contributed by atoms with Crippen molar-refractivity contribution in [2.24, 2.45) is 10.9 Å². The van der Waals surface area contributed by atoms with Crippen LogP contribution in [0.5, 0.6) is 0 Å². The molecule has 0 bridgehead atoms. The van der Waals surface area contributed by atoms with E-state index in [1.807, 2.05) is 41.4 Å². The summed E-state index contributed by atoms with van der Waals surface area (Å²) in [5, 5.41) is 4.29. The summed E-state index contributed by atoms with van der Waals surface area (Å²) in [6, 6.07) is 9.85. The predicted octanol–water partition coefficient (Wildman–Crippen LogP) is 4.86. The van der Waals surface area contributed by atoms with Crippen molar-refractivity contribution in [2.45, 2.75) is 38.5 Å². The Balaban J connectivity index is 1.14. The number of hydrogen-bond acceptors (Lipinski definition) is 6. The molecule has 2 N–H and O–H groups in total. The molecule has 3 aliphatic heterocycles. The number of rotatable bonds is 6. The first-order valence-electron chi connectivity index (χ1n) is 13.2. The Hall–Kier alpha value is -3.52. The lowest BCUT2D eigenvalue weighted by molar-refractivity contribution is 0.0643. The molecule has 1 aromatic carbocycles. The van der Waals surface area contributed by atoms with E-state index in [-0.39, 0.29) is 5.91 Å². The van der Waals surface area contributed by atoms with Crippen molar-refractivity contribution in [2.75, 3.05) is 38.0 Å². The molecule has 8 heteroatoms.